The second-order valence-electron chi connectivity index (χ2n) is 4.49. The third-order valence-corrected chi connectivity index (χ3v) is 3.11. The van der Waals surface area contributed by atoms with E-state index < -0.39 is 0 Å². The molecule has 0 radical (unpaired) electrons. The second-order valence-corrected chi connectivity index (χ2v) is 4.49. The quantitative estimate of drug-likeness (QED) is 0.847. The summed E-state index contributed by atoms with van der Waals surface area (Å²) in [6, 6.07) is 12.2. The fourth-order valence-electron chi connectivity index (χ4n) is 2.09. The summed E-state index contributed by atoms with van der Waals surface area (Å²) in [5.74, 6) is 2.36. The average molecular weight is 286 g/mol. The highest BCUT2D eigenvalue weighted by Crippen LogP contribution is 2.24. The smallest absolute Gasteiger partial charge is 0.158 e. The minimum atomic E-state index is 0.422. The van der Waals surface area contributed by atoms with Gasteiger partial charge in [0.05, 0.1) is 0 Å². The fourth-order valence-corrected chi connectivity index (χ4v) is 2.09. The van der Waals surface area contributed by atoms with Gasteiger partial charge in [0.15, 0.2) is 5.82 Å². The zero-order valence-corrected chi connectivity index (χ0v) is 12.8. The molecule has 0 fully saturated rings. The van der Waals surface area contributed by atoms with Crippen LogP contribution in [0.3, 0.4) is 0 Å². The Hall–Kier alpha value is -2.14. The zero-order chi connectivity index (χ0) is 15.1. The van der Waals surface area contributed by atoms with Crippen molar-refractivity contribution in [1.82, 2.24) is 9.97 Å². The molecule has 0 spiro atoms. The van der Waals surface area contributed by atoms with Gasteiger partial charge in [0.25, 0.3) is 0 Å². The summed E-state index contributed by atoms with van der Waals surface area (Å²) < 4.78 is 5.42. The summed E-state index contributed by atoms with van der Waals surface area (Å²) >= 11 is 0. The lowest BCUT2D eigenvalue weighted by molar-refractivity contribution is 0.128. The van der Waals surface area contributed by atoms with Crippen molar-refractivity contribution in [3.05, 3.63) is 42.2 Å². The Kier molecular flexibility index (Phi) is 5.51. The van der Waals surface area contributed by atoms with E-state index in [1.807, 2.05) is 38.2 Å². The number of rotatable bonds is 7. The van der Waals surface area contributed by atoms with Crippen molar-refractivity contribution in [3.8, 4) is 0 Å². The maximum absolute atomic E-state index is 5.42. The Bertz CT molecular complexity index is 559. The predicted octanol–water partition coefficient (Wildman–Crippen LogP) is 3.21. The number of nitrogens with one attached hydrogen (secondary N) is 1. The molecule has 5 heteroatoms. The number of hydrogen-bond acceptors (Lipinski definition) is 5. The summed E-state index contributed by atoms with van der Waals surface area (Å²) in [7, 11) is 1.86. The molecule has 21 heavy (non-hydrogen) atoms. The van der Waals surface area contributed by atoms with Crippen LogP contribution in [0.2, 0.25) is 0 Å². The van der Waals surface area contributed by atoms with Crippen LogP contribution in [0.5, 0.6) is 0 Å². The van der Waals surface area contributed by atoms with Crippen molar-refractivity contribution in [1.29, 1.82) is 0 Å². The van der Waals surface area contributed by atoms with Gasteiger partial charge in [0.2, 0.25) is 0 Å². The molecular formula is C16H22N4O. The lowest BCUT2D eigenvalue weighted by Gasteiger charge is -2.23. The van der Waals surface area contributed by atoms with Crippen molar-refractivity contribution in [2.75, 3.05) is 30.4 Å². The molecule has 0 atom stereocenters. The van der Waals surface area contributed by atoms with Crippen LogP contribution in [-0.4, -0.2) is 30.2 Å². The van der Waals surface area contributed by atoms with Crippen LogP contribution in [0.15, 0.2) is 36.4 Å². The van der Waals surface area contributed by atoms with E-state index in [2.05, 4.69) is 39.2 Å². The lowest BCUT2D eigenvalue weighted by atomic mass is 10.3. The monoisotopic (exact) mass is 286 g/mol. The number of para-hydroxylation sites is 1. The Morgan fingerprint density at radius 2 is 1.90 bits per heavy atom. The average Bonchev–Trinajstić information content (AvgIpc) is 2.54. The van der Waals surface area contributed by atoms with Crippen LogP contribution in [0.4, 0.5) is 17.3 Å². The molecule has 0 saturated carbocycles. The van der Waals surface area contributed by atoms with Gasteiger partial charge in [0, 0.05) is 32.0 Å². The van der Waals surface area contributed by atoms with Gasteiger partial charge in [-0.1, -0.05) is 18.2 Å². The molecule has 0 saturated heterocycles. The number of ether oxygens (including phenoxy) is 1. The van der Waals surface area contributed by atoms with E-state index in [-0.39, 0.29) is 0 Å². The van der Waals surface area contributed by atoms with Gasteiger partial charge in [-0.05, 0) is 26.0 Å². The maximum Gasteiger partial charge on any atom is 0.158 e. The van der Waals surface area contributed by atoms with E-state index in [1.54, 1.807) is 0 Å². The molecule has 1 N–H and O–H groups in total. The highest BCUT2D eigenvalue weighted by Gasteiger charge is 2.12. The fraction of sp³-hybridized carbons (Fsp3) is 0.375. The summed E-state index contributed by atoms with van der Waals surface area (Å²) in [6.07, 6.45) is 0. The third-order valence-electron chi connectivity index (χ3n) is 3.11. The minimum absolute atomic E-state index is 0.422. The normalized spacial score (nSPS) is 10.4. The zero-order valence-electron chi connectivity index (χ0n) is 12.8. The molecule has 0 unspecified atom stereocenters. The van der Waals surface area contributed by atoms with E-state index in [1.165, 1.54) is 0 Å². The lowest BCUT2D eigenvalue weighted by Crippen LogP contribution is -2.19. The van der Waals surface area contributed by atoms with Crippen molar-refractivity contribution in [2.45, 2.75) is 20.5 Å². The molecule has 112 valence electrons. The maximum atomic E-state index is 5.42. The number of hydrogen-bond donors (Lipinski definition) is 1. The van der Waals surface area contributed by atoms with Crippen LogP contribution in [0, 0.1) is 0 Å². The largest absolute Gasteiger partial charge is 0.374 e. The Balaban J connectivity index is 2.35. The van der Waals surface area contributed by atoms with Gasteiger partial charge < -0.3 is 15.0 Å². The van der Waals surface area contributed by atoms with E-state index in [0.29, 0.717) is 19.0 Å². The second kappa shape index (κ2) is 7.59. The van der Waals surface area contributed by atoms with Crippen molar-refractivity contribution in [2.24, 2.45) is 0 Å². The molecule has 0 amide bonds. The number of nitrogens with zero attached hydrogens (tertiary/aromatic N) is 3. The van der Waals surface area contributed by atoms with Crippen molar-refractivity contribution in [3.63, 3.8) is 0 Å². The predicted molar refractivity (Wildman–Crippen MR) is 86.0 cm³/mol. The number of anilines is 3. The number of benzene rings is 1. The summed E-state index contributed by atoms with van der Waals surface area (Å²) in [6.45, 7) is 5.98. The van der Waals surface area contributed by atoms with Crippen LogP contribution in [0.25, 0.3) is 0 Å². The van der Waals surface area contributed by atoms with Crippen molar-refractivity contribution < 1.29 is 4.74 Å². The van der Waals surface area contributed by atoms with Gasteiger partial charge in [-0.25, -0.2) is 9.97 Å². The molecule has 1 aromatic heterocycles. The third kappa shape index (κ3) is 3.92. The molecule has 0 bridgehead atoms. The molecule has 0 aliphatic heterocycles. The van der Waals surface area contributed by atoms with Gasteiger partial charge in [-0.2, -0.15) is 0 Å². The highest BCUT2D eigenvalue weighted by molar-refractivity contribution is 5.62. The molecule has 5 nitrogen and oxygen atoms in total. The molecule has 1 aromatic carbocycles. The van der Waals surface area contributed by atoms with Gasteiger partial charge in [-0.15, -0.1) is 0 Å². The Morgan fingerprint density at radius 1 is 1.14 bits per heavy atom. The first-order valence-electron chi connectivity index (χ1n) is 7.24. The summed E-state index contributed by atoms with van der Waals surface area (Å²) in [4.78, 5) is 11.2. The Morgan fingerprint density at radius 3 is 2.52 bits per heavy atom. The molecule has 2 aromatic rings. The highest BCUT2D eigenvalue weighted by atomic mass is 16.5. The van der Waals surface area contributed by atoms with Gasteiger partial charge >= 0.3 is 0 Å². The summed E-state index contributed by atoms with van der Waals surface area (Å²) in [5.41, 5.74) is 1.11. The SMILES string of the molecule is CCOCc1nc(NC)cc(N(CC)c2ccccc2)n1. The molecule has 0 aliphatic carbocycles. The van der Waals surface area contributed by atoms with Crippen LogP contribution >= 0.6 is 0 Å². The van der Waals surface area contributed by atoms with E-state index in [4.69, 9.17) is 4.74 Å². The van der Waals surface area contributed by atoms with E-state index >= 15 is 0 Å². The van der Waals surface area contributed by atoms with Gasteiger partial charge in [0.1, 0.15) is 18.2 Å². The van der Waals surface area contributed by atoms with E-state index in [0.717, 1.165) is 23.9 Å². The first kappa shape index (κ1) is 15.3. The standard InChI is InChI=1S/C16H22N4O/c1-4-20(13-9-7-6-8-10-13)16-11-14(17-3)18-15(19-16)12-21-5-2/h6-11H,4-5,12H2,1-3H3,(H,17,18,19). The van der Waals surface area contributed by atoms with Gasteiger partial charge in [-0.3, -0.25) is 0 Å². The number of aromatic nitrogens is 2. The summed E-state index contributed by atoms with van der Waals surface area (Å²) in [5, 5.41) is 3.08. The molecular weight excluding hydrogens is 264 g/mol. The molecule has 0 aliphatic rings. The van der Waals surface area contributed by atoms with Crippen LogP contribution in [0.1, 0.15) is 19.7 Å². The van der Waals surface area contributed by atoms with Crippen molar-refractivity contribution >= 4 is 17.3 Å². The van der Waals surface area contributed by atoms with Crippen LogP contribution in [-0.2, 0) is 11.3 Å². The molecule has 2 rings (SSSR count). The topological polar surface area (TPSA) is 50.3 Å². The first-order valence-corrected chi connectivity index (χ1v) is 7.24. The minimum Gasteiger partial charge on any atom is -0.374 e. The first-order chi connectivity index (χ1) is 10.3. The van der Waals surface area contributed by atoms with Crippen LogP contribution < -0.4 is 10.2 Å². The van der Waals surface area contributed by atoms with E-state index in [9.17, 15) is 0 Å². The Labute approximate surface area is 126 Å². The molecule has 1 heterocycles.